The number of thioether (sulfide) groups is 1. The summed E-state index contributed by atoms with van der Waals surface area (Å²) in [5.41, 5.74) is 6.64. The molecule has 3 aromatic carbocycles. The minimum atomic E-state index is 0.0193. The number of anilines is 1. The lowest BCUT2D eigenvalue weighted by molar-refractivity contribution is -0.113. The van der Waals surface area contributed by atoms with Crippen LogP contribution in [-0.2, 0) is 10.5 Å². The fraction of sp³-hybridized carbons (Fsp3) is 0.167. The van der Waals surface area contributed by atoms with Crippen LogP contribution in [0.4, 0.5) is 5.69 Å². The molecular weight excluding hydrogens is 396 g/mol. The molecule has 0 radical (unpaired) electrons. The maximum Gasteiger partial charge on any atom is 0.234 e. The molecule has 0 bridgehead atoms. The molecule has 0 unspecified atom stereocenters. The van der Waals surface area contributed by atoms with Crippen LogP contribution in [0.1, 0.15) is 16.7 Å². The third-order valence-corrected chi connectivity index (χ3v) is 6.61. The molecule has 29 heavy (non-hydrogen) atoms. The molecule has 0 fully saturated rings. The summed E-state index contributed by atoms with van der Waals surface area (Å²) >= 11 is 3.32. The van der Waals surface area contributed by atoms with Gasteiger partial charge in [-0.25, -0.2) is 4.98 Å². The molecule has 4 aromatic rings. The average Bonchev–Trinajstić information content (AvgIpc) is 3.12. The molecule has 1 aromatic heterocycles. The Labute approximate surface area is 179 Å². The SMILES string of the molecule is Cc1cccc(CSCC(=O)Nc2ccc(-c3nc4ccc(C)cc4s3)cc2)c1. The fourth-order valence-corrected chi connectivity index (χ4v) is 4.96. The zero-order valence-corrected chi connectivity index (χ0v) is 18.1. The predicted octanol–water partition coefficient (Wildman–Crippen LogP) is 6.45. The number of aromatic nitrogens is 1. The van der Waals surface area contributed by atoms with Crippen molar-refractivity contribution in [3.63, 3.8) is 0 Å². The quantitative estimate of drug-likeness (QED) is 0.391. The molecule has 0 saturated heterocycles. The van der Waals surface area contributed by atoms with Gasteiger partial charge < -0.3 is 5.32 Å². The first kappa shape index (κ1) is 19.7. The van der Waals surface area contributed by atoms with Gasteiger partial charge in [0.1, 0.15) is 5.01 Å². The van der Waals surface area contributed by atoms with Crippen molar-refractivity contribution in [1.82, 2.24) is 4.98 Å². The molecule has 0 aliphatic heterocycles. The normalized spacial score (nSPS) is 11.0. The summed E-state index contributed by atoms with van der Waals surface area (Å²) in [7, 11) is 0. The maximum atomic E-state index is 12.2. The van der Waals surface area contributed by atoms with Gasteiger partial charge in [-0.2, -0.15) is 0 Å². The van der Waals surface area contributed by atoms with Crippen LogP contribution in [0.25, 0.3) is 20.8 Å². The minimum Gasteiger partial charge on any atom is -0.325 e. The summed E-state index contributed by atoms with van der Waals surface area (Å²) in [5, 5.41) is 3.97. The monoisotopic (exact) mass is 418 g/mol. The van der Waals surface area contributed by atoms with E-state index in [1.165, 1.54) is 21.4 Å². The number of rotatable bonds is 6. The Morgan fingerprint density at radius 1 is 1.00 bits per heavy atom. The first-order valence-electron chi connectivity index (χ1n) is 9.47. The molecule has 0 aliphatic rings. The van der Waals surface area contributed by atoms with Gasteiger partial charge in [-0.15, -0.1) is 23.1 Å². The van der Waals surface area contributed by atoms with Gasteiger partial charge in [-0.3, -0.25) is 4.79 Å². The summed E-state index contributed by atoms with van der Waals surface area (Å²) in [6.07, 6.45) is 0. The molecule has 1 heterocycles. The smallest absolute Gasteiger partial charge is 0.234 e. The Kier molecular flexibility index (Phi) is 5.97. The zero-order chi connectivity index (χ0) is 20.2. The summed E-state index contributed by atoms with van der Waals surface area (Å²) in [6, 6.07) is 22.6. The molecule has 0 spiro atoms. The number of nitrogens with one attached hydrogen (secondary N) is 1. The molecule has 146 valence electrons. The molecule has 5 heteroatoms. The zero-order valence-electron chi connectivity index (χ0n) is 16.4. The van der Waals surface area contributed by atoms with E-state index in [2.05, 4.69) is 61.6 Å². The lowest BCUT2D eigenvalue weighted by atomic mass is 10.2. The second-order valence-electron chi connectivity index (χ2n) is 7.10. The Bertz CT molecular complexity index is 1150. The highest BCUT2D eigenvalue weighted by molar-refractivity contribution is 7.99. The average molecular weight is 419 g/mol. The number of hydrogen-bond donors (Lipinski definition) is 1. The standard InChI is InChI=1S/C24H22N2OS2/c1-16-4-3-5-18(12-16)14-28-15-23(27)25-20-9-7-19(8-10-20)24-26-21-11-6-17(2)13-22(21)29-24/h3-13H,14-15H2,1-2H3,(H,25,27). The number of carbonyl (C=O) groups excluding carboxylic acids is 1. The van der Waals surface area contributed by atoms with Crippen LogP contribution < -0.4 is 5.32 Å². The molecule has 1 amide bonds. The summed E-state index contributed by atoms with van der Waals surface area (Å²) in [6.45, 7) is 4.18. The van der Waals surface area contributed by atoms with Crippen molar-refractivity contribution in [3.05, 3.63) is 83.4 Å². The van der Waals surface area contributed by atoms with E-state index in [0.29, 0.717) is 5.75 Å². The third-order valence-electron chi connectivity index (χ3n) is 4.54. The van der Waals surface area contributed by atoms with Crippen molar-refractivity contribution in [2.75, 3.05) is 11.1 Å². The number of carbonyl (C=O) groups is 1. The van der Waals surface area contributed by atoms with Crippen molar-refractivity contribution in [3.8, 4) is 10.6 Å². The highest BCUT2D eigenvalue weighted by Crippen LogP contribution is 2.31. The number of amides is 1. The van der Waals surface area contributed by atoms with Crippen LogP contribution >= 0.6 is 23.1 Å². The first-order valence-corrected chi connectivity index (χ1v) is 11.4. The van der Waals surface area contributed by atoms with Crippen molar-refractivity contribution in [1.29, 1.82) is 0 Å². The van der Waals surface area contributed by atoms with Crippen LogP contribution in [0.5, 0.6) is 0 Å². The number of nitrogens with zero attached hydrogens (tertiary/aromatic N) is 1. The first-order chi connectivity index (χ1) is 14.1. The van der Waals surface area contributed by atoms with Gasteiger partial charge in [0.15, 0.2) is 0 Å². The van der Waals surface area contributed by atoms with Crippen molar-refractivity contribution < 1.29 is 4.79 Å². The molecule has 1 N–H and O–H groups in total. The Morgan fingerprint density at radius 3 is 2.59 bits per heavy atom. The van der Waals surface area contributed by atoms with Gasteiger partial charge in [0.05, 0.1) is 16.0 Å². The van der Waals surface area contributed by atoms with Crippen LogP contribution in [0.15, 0.2) is 66.7 Å². The fourth-order valence-electron chi connectivity index (χ4n) is 3.11. The van der Waals surface area contributed by atoms with Crippen LogP contribution in [-0.4, -0.2) is 16.6 Å². The highest BCUT2D eigenvalue weighted by Gasteiger charge is 2.08. The number of benzene rings is 3. The van der Waals surface area contributed by atoms with Crippen LogP contribution in [0.2, 0.25) is 0 Å². The van der Waals surface area contributed by atoms with Gasteiger partial charge in [0.25, 0.3) is 0 Å². The number of thiazole rings is 1. The second-order valence-corrected chi connectivity index (χ2v) is 9.11. The van der Waals surface area contributed by atoms with Crippen LogP contribution in [0.3, 0.4) is 0 Å². The van der Waals surface area contributed by atoms with E-state index in [1.807, 2.05) is 24.3 Å². The number of hydrogen-bond acceptors (Lipinski definition) is 4. The molecule has 0 saturated carbocycles. The Hall–Kier alpha value is -2.63. The molecule has 0 atom stereocenters. The maximum absolute atomic E-state index is 12.2. The number of aryl methyl sites for hydroxylation is 2. The van der Waals surface area contributed by atoms with Crippen molar-refractivity contribution in [2.24, 2.45) is 0 Å². The van der Waals surface area contributed by atoms with E-state index in [9.17, 15) is 4.79 Å². The van der Waals surface area contributed by atoms with Crippen molar-refractivity contribution in [2.45, 2.75) is 19.6 Å². The molecular formula is C24H22N2OS2. The van der Waals surface area contributed by atoms with E-state index in [0.717, 1.165) is 27.5 Å². The summed E-state index contributed by atoms with van der Waals surface area (Å²) in [4.78, 5) is 16.9. The van der Waals surface area contributed by atoms with Gasteiger partial charge in [0.2, 0.25) is 5.91 Å². The number of fused-ring (bicyclic) bond motifs is 1. The van der Waals surface area contributed by atoms with Gasteiger partial charge in [-0.05, 0) is 61.4 Å². The summed E-state index contributed by atoms with van der Waals surface area (Å²) < 4.78 is 1.20. The molecule has 0 aliphatic carbocycles. The van der Waals surface area contributed by atoms with E-state index in [4.69, 9.17) is 4.98 Å². The minimum absolute atomic E-state index is 0.0193. The Morgan fingerprint density at radius 2 is 1.79 bits per heavy atom. The largest absolute Gasteiger partial charge is 0.325 e. The lowest BCUT2D eigenvalue weighted by Crippen LogP contribution is -2.14. The Balaban J connectivity index is 1.34. The molecule has 3 nitrogen and oxygen atoms in total. The second kappa shape index (κ2) is 8.80. The van der Waals surface area contributed by atoms with Crippen molar-refractivity contribution >= 4 is 44.9 Å². The topological polar surface area (TPSA) is 42.0 Å². The van der Waals surface area contributed by atoms with Gasteiger partial charge >= 0.3 is 0 Å². The summed E-state index contributed by atoms with van der Waals surface area (Å²) in [5.74, 6) is 1.30. The van der Waals surface area contributed by atoms with Gasteiger partial charge in [-0.1, -0.05) is 35.9 Å². The third kappa shape index (κ3) is 5.05. The van der Waals surface area contributed by atoms with E-state index < -0.39 is 0 Å². The predicted molar refractivity (Wildman–Crippen MR) is 126 cm³/mol. The van der Waals surface area contributed by atoms with E-state index in [1.54, 1.807) is 23.1 Å². The van der Waals surface area contributed by atoms with Crippen LogP contribution in [0, 0.1) is 13.8 Å². The highest BCUT2D eigenvalue weighted by atomic mass is 32.2. The lowest BCUT2D eigenvalue weighted by Gasteiger charge is -2.06. The van der Waals surface area contributed by atoms with Gasteiger partial charge in [0, 0.05) is 17.0 Å². The van der Waals surface area contributed by atoms with E-state index >= 15 is 0 Å². The molecule has 4 rings (SSSR count). The van der Waals surface area contributed by atoms with E-state index in [-0.39, 0.29) is 5.91 Å².